The average Bonchev–Trinajstić information content (AvgIpc) is 2.85. The summed E-state index contributed by atoms with van der Waals surface area (Å²) in [7, 11) is 1.37. The Bertz CT molecular complexity index is 627. The van der Waals surface area contributed by atoms with Gasteiger partial charge in [-0.05, 0) is 36.0 Å². The molecule has 1 aromatic heterocycles. The number of rotatable bonds is 4. The highest BCUT2D eigenvalue weighted by atomic mass is 32.2. The molecule has 10 heteroatoms. The largest absolute Gasteiger partial charge is 0.466 e. The molecule has 0 radical (unpaired) electrons. The Morgan fingerprint density at radius 2 is 2.00 bits per heavy atom. The minimum atomic E-state index is -4.36. The summed E-state index contributed by atoms with van der Waals surface area (Å²) in [6.07, 6.45) is 0. The first-order valence-electron chi connectivity index (χ1n) is 5.51. The Morgan fingerprint density at radius 3 is 2.52 bits per heavy atom. The van der Waals surface area contributed by atoms with Gasteiger partial charge >= 0.3 is 11.5 Å². The van der Waals surface area contributed by atoms with Crippen LogP contribution in [0.2, 0.25) is 0 Å². The van der Waals surface area contributed by atoms with Gasteiger partial charge in [0.05, 0.1) is 7.11 Å². The number of H-pyrrole nitrogens is 1. The Labute approximate surface area is 121 Å². The molecule has 0 unspecified atom stereocenters. The fraction of sp³-hybridized carbons (Fsp3) is 0.182. The SMILES string of the molecule is COc1n[nH]c(NC(=O)c2ccc(SC(F)(F)F)cc2)n1. The summed E-state index contributed by atoms with van der Waals surface area (Å²) in [6.45, 7) is 0. The molecule has 1 heterocycles. The molecule has 2 rings (SSSR count). The van der Waals surface area contributed by atoms with Crippen LogP contribution < -0.4 is 10.1 Å². The van der Waals surface area contributed by atoms with E-state index in [0.717, 1.165) is 0 Å². The summed E-state index contributed by atoms with van der Waals surface area (Å²) in [5.41, 5.74) is -4.17. The van der Waals surface area contributed by atoms with Gasteiger partial charge in [-0.25, -0.2) is 5.10 Å². The van der Waals surface area contributed by atoms with Gasteiger partial charge in [-0.15, -0.1) is 5.10 Å². The molecule has 0 aliphatic heterocycles. The maximum Gasteiger partial charge on any atom is 0.446 e. The van der Waals surface area contributed by atoms with E-state index < -0.39 is 11.4 Å². The van der Waals surface area contributed by atoms with Gasteiger partial charge in [0.15, 0.2) is 0 Å². The Balaban J connectivity index is 2.02. The van der Waals surface area contributed by atoms with Crippen molar-refractivity contribution >= 4 is 23.6 Å². The minimum Gasteiger partial charge on any atom is -0.466 e. The molecule has 0 bridgehead atoms. The number of hydrogen-bond acceptors (Lipinski definition) is 5. The molecule has 21 heavy (non-hydrogen) atoms. The zero-order valence-electron chi connectivity index (χ0n) is 10.6. The van der Waals surface area contributed by atoms with Crippen LogP contribution in [0.3, 0.4) is 0 Å². The third-order valence-electron chi connectivity index (χ3n) is 2.23. The van der Waals surface area contributed by atoms with Crippen molar-refractivity contribution in [2.24, 2.45) is 0 Å². The molecule has 2 N–H and O–H groups in total. The van der Waals surface area contributed by atoms with E-state index in [0.29, 0.717) is 0 Å². The molecule has 1 amide bonds. The lowest BCUT2D eigenvalue weighted by molar-refractivity contribution is -0.0328. The van der Waals surface area contributed by atoms with Crippen molar-refractivity contribution in [1.82, 2.24) is 15.2 Å². The van der Waals surface area contributed by atoms with Crippen molar-refractivity contribution in [2.45, 2.75) is 10.4 Å². The Kier molecular flexibility index (Phi) is 4.36. The van der Waals surface area contributed by atoms with Gasteiger partial charge in [-0.3, -0.25) is 10.1 Å². The van der Waals surface area contributed by atoms with Crippen LogP contribution in [0.4, 0.5) is 19.1 Å². The normalized spacial score (nSPS) is 11.2. The number of amides is 1. The molecule has 112 valence electrons. The van der Waals surface area contributed by atoms with Gasteiger partial charge in [0.25, 0.3) is 5.91 Å². The van der Waals surface area contributed by atoms with E-state index in [1.54, 1.807) is 0 Å². The molecule has 0 aliphatic carbocycles. The minimum absolute atomic E-state index is 0.000356. The van der Waals surface area contributed by atoms with E-state index in [9.17, 15) is 18.0 Å². The molecule has 6 nitrogen and oxygen atoms in total. The molecular weight excluding hydrogens is 309 g/mol. The Morgan fingerprint density at radius 1 is 1.33 bits per heavy atom. The van der Waals surface area contributed by atoms with Gasteiger partial charge in [-0.2, -0.15) is 18.2 Å². The molecule has 0 fully saturated rings. The number of methoxy groups -OCH3 is 1. The van der Waals surface area contributed by atoms with Gasteiger partial charge in [-0.1, -0.05) is 0 Å². The number of thioether (sulfide) groups is 1. The van der Waals surface area contributed by atoms with Crippen molar-refractivity contribution in [2.75, 3.05) is 12.4 Å². The number of ether oxygens (including phenoxy) is 1. The second-order valence-corrected chi connectivity index (χ2v) is 4.84. The van der Waals surface area contributed by atoms with Crippen molar-refractivity contribution in [1.29, 1.82) is 0 Å². The van der Waals surface area contributed by atoms with E-state index in [4.69, 9.17) is 4.74 Å². The molecule has 0 saturated carbocycles. The number of aromatic nitrogens is 3. The fourth-order valence-corrected chi connectivity index (χ4v) is 1.92. The summed E-state index contributed by atoms with van der Waals surface area (Å²) >= 11 is -0.245. The first-order valence-corrected chi connectivity index (χ1v) is 6.32. The lowest BCUT2D eigenvalue weighted by atomic mass is 10.2. The number of alkyl halides is 3. The highest BCUT2D eigenvalue weighted by Gasteiger charge is 2.29. The van der Waals surface area contributed by atoms with E-state index in [1.807, 2.05) is 0 Å². The number of anilines is 1. The van der Waals surface area contributed by atoms with Gasteiger partial charge < -0.3 is 4.74 Å². The maximum absolute atomic E-state index is 12.2. The molecule has 0 atom stereocenters. The summed E-state index contributed by atoms with van der Waals surface area (Å²) < 4.78 is 41.3. The van der Waals surface area contributed by atoms with Gasteiger partial charge in [0, 0.05) is 10.5 Å². The number of halogens is 3. The van der Waals surface area contributed by atoms with Crippen LogP contribution in [0.5, 0.6) is 6.01 Å². The second kappa shape index (κ2) is 6.04. The third-order valence-corrected chi connectivity index (χ3v) is 2.97. The number of aromatic amines is 1. The monoisotopic (exact) mass is 318 g/mol. The van der Waals surface area contributed by atoms with Crippen LogP contribution in [-0.4, -0.2) is 33.7 Å². The van der Waals surface area contributed by atoms with Crippen LogP contribution in [-0.2, 0) is 0 Å². The van der Waals surface area contributed by atoms with E-state index in [-0.39, 0.29) is 34.2 Å². The highest BCUT2D eigenvalue weighted by molar-refractivity contribution is 8.00. The molecule has 2 aromatic rings. The van der Waals surface area contributed by atoms with Crippen LogP contribution in [0.1, 0.15) is 10.4 Å². The smallest absolute Gasteiger partial charge is 0.446 e. The lowest BCUT2D eigenvalue weighted by Crippen LogP contribution is -2.13. The lowest BCUT2D eigenvalue weighted by Gasteiger charge is -2.06. The average molecular weight is 318 g/mol. The summed E-state index contributed by atoms with van der Waals surface area (Å²) in [4.78, 5) is 15.6. The van der Waals surface area contributed by atoms with Crippen molar-refractivity contribution in [3.8, 4) is 6.01 Å². The molecule has 1 aromatic carbocycles. The van der Waals surface area contributed by atoms with E-state index in [1.165, 1.54) is 31.4 Å². The second-order valence-electron chi connectivity index (χ2n) is 3.70. The quantitative estimate of drug-likeness (QED) is 0.847. The first kappa shape index (κ1) is 15.2. The zero-order chi connectivity index (χ0) is 15.5. The predicted octanol–water partition coefficient (Wildman–Crippen LogP) is 2.68. The third kappa shape index (κ3) is 4.38. The number of carbonyl (C=O) groups is 1. The summed E-state index contributed by atoms with van der Waals surface area (Å²) in [6, 6.07) is 5.07. The fourth-order valence-electron chi connectivity index (χ4n) is 1.38. The highest BCUT2D eigenvalue weighted by Crippen LogP contribution is 2.36. The van der Waals surface area contributed by atoms with Crippen LogP contribution in [0.25, 0.3) is 0 Å². The number of hydrogen-bond donors (Lipinski definition) is 2. The first-order chi connectivity index (χ1) is 9.87. The van der Waals surface area contributed by atoms with Crippen molar-refractivity contribution in [3.63, 3.8) is 0 Å². The van der Waals surface area contributed by atoms with Crippen molar-refractivity contribution in [3.05, 3.63) is 29.8 Å². The number of nitrogens with one attached hydrogen (secondary N) is 2. The topological polar surface area (TPSA) is 79.9 Å². The number of carbonyl (C=O) groups excluding carboxylic acids is 1. The number of benzene rings is 1. The molecule has 0 saturated heterocycles. The summed E-state index contributed by atoms with van der Waals surface area (Å²) in [5, 5.41) is 8.47. The Hall–Kier alpha value is -2.23. The predicted molar refractivity (Wildman–Crippen MR) is 69.2 cm³/mol. The zero-order valence-corrected chi connectivity index (χ0v) is 11.4. The van der Waals surface area contributed by atoms with Gasteiger partial charge in [0.1, 0.15) is 0 Å². The van der Waals surface area contributed by atoms with Crippen LogP contribution >= 0.6 is 11.8 Å². The molecule has 0 aliphatic rings. The van der Waals surface area contributed by atoms with Crippen LogP contribution in [0, 0.1) is 0 Å². The van der Waals surface area contributed by atoms with Crippen molar-refractivity contribution < 1.29 is 22.7 Å². The summed E-state index contributed by atoms with van der Waals surface area (Å²) in [5.74, 6) is -0.456. The number of nitrogens with zero attached hydrogens (tertiary/aromatic N) is 2. The van der Waals surface area contributed by atoms with Gasteiger partial charge in [0.2, 0.25) is 5.95 Å². The van der Waals surface area contributed by atoms with E-state index >= 15 is 0 Å². The standard InChI is InChI=1S/C11H9F3N4O2S/c1-20-10-16-9(17-18-10)15-8(19)6-2-4-7(5-3-6)21-11(12,13)14/h2-5H,1H3,(H2,15,16,17,18,19). The van der Waals surface area contributed by atoms with E-state index in [2.05, 4.69) is 20.5 Å². The molecule has 0 spiro atoms. The van der Waals surface area contributed by atoms with Crippen LogP contribution in [0.15, 0.2) is 29.2 Å². The maximum atomic E-state index is 12.2. The molecular formula is C11H9F3N4O2S.